The summed E-state index contributed by atoms with van der Waals surface area (Å²) in [5, 5.41) is 3.74. The lowest BCUT2D eigenvalue weighted by Gasteiger charge is -2.55. The van der Waals surface area contributed by atoms with Gasteiger partial charge in [-0.25, -0.2) is 4.98 Å². The monoisotopic (exact) mass is 230 g/mol. The first-order valence-electron chi connectivity index (χ1n) is 5.96. The first-order chi connectivity index (χ1) is 7.85. The van der Waals surface area contributed by atoms with Gasteiger partial charge in [0.05, 0.1) is 15.7 Å². The molecule has 0 amide bonds. The highest BCUT2D eigenvalue weighted by Gasteiger charge is 2.47. The third-order valence-corrected chi connectivity index (χ3v) is 4.95. The Morgan fingerprint density at radius 1 is 1.38 bits per heavy atom. The van der Waals surface area contributed by atoms with Gasteiger partial charge in [0.1, 0.15) is 0 Å². The van der Waals surface area contributed by atoms with Crippen LogP contribution < -0.4 is 5.32 Å². The fraction of sp³-hybridized carbons (Fsp3) is 0.462. The van der Waals surface area contributed by atoms with Gasteiger partial charge in [-0.1, -0.05) is 6.07 Å². The van der Waals surface area contributed by atoms with E-state index in [1.165, 1.54) is 35.9 Å². The molecule has 1 aromatic heterocycles. The molecular weight excluding hydrogens is 216 g/mol. The van der Waals surface area contributed by atoms with Crippen LogP contribution >= 0.6 is 11.3 Å². The molecule has 1 aromatic carbocycles. The number of fused-ring (bicyclic) bond motifs is 1. The van der Waals surface area contributed by atoms with E-state index in [9.17, 15) is 0 Å². The topological polar surface area (TPSA) is 24.9 Å². The van der Waals surface area contributed by atoms with Crippen molar-refractivity contribution in [3.8, 4) is 0 Å². The van der Waals surface area contributed by atoms with Crippen LogP contribution in [0.4, 0.5) is 0 Å². The minimum Gasteiger partial charge on any atom is -0.304 e. The Labute approximate surface area is 98.7 Å². The quantitative estimate of drug-likeness (QED) is 0.813. The highest BCUT2D eigenvalue weighted by molar-refractivity contribution is 7.16. The average Bonchev–Trinajstić information content (AvgIpc) is 2.60. The normalized spacial score (nSPS) is 26.6. The second-order valence-electron chi connectivity index (χ2n) is 5.11. The van der Waals surface area contributed by atoms with E-state index < -0.39 is 0 Å². The maximum absolute atomic E-state index is 4.38. The lowest BCUT2D eigenvalue weighted by Crippen LogP contribution is -2.62. The summed E-state index contributed by atoms with van der Waals surface area (Å²) in [4.78, 5) is 4.38. The zero-order valence-electron chi connectivity index (χ0n) is 9.07. The van der Waals surface area contributed by atoms with Gasteiger partial charge in [0.15, 0.2) is 0 Å². The first-order valence-corrected chi connectivity index (χ1v) is 6.84. The van der Waals surface area contributed by atoms with Crippen LogP contribution in [-0.4, -0.2) is 10.5 Å². The van der Waals surface area contributed by atoms with Crippen molar-refractivity contribution in [3.05, 3.63) is 29.3 Å². The van der Waals surface area contributed by atoms with Crippen LogP contribution in [0.5, 0.6) is 0 Å². The lowest BCUT2D eigenvalue weighted by molar-refractivity contribution is 0.0509. The number of aromatic nitrogens is 1. The molecule has 2 aromatic rings. The molecule has 1 aliphatic carbocycles. The summed E-state index contributed by atoms with van der Waals surface area (Å²) in [6.45, 7) is 0. The Kier molecular flexibility index (Phi) is 1.74. The summed E-state index contributed by atoms with van der Waals surface area (Å²) >= 11 is 1.72. The standard InChI is InChI=1S/C13H14N2S/c1-4-13(5-1)7-11(15-13)9-2-3-12-10(6-9)14-8-16-12/h2-3,6,8,11,15H,1,4-5,7H2. The van der Waals surface area contributed by atoms with Crippen LogP contribution in [-0.2, 0) is 0 Å². The maximum Gasteiger partial charge on any atom is 0.0815 e. The first kappa shape index (κ1) is 9.14. The van der Waals surface area contributed by atoms with Crippen LogP contribution in [0.3, 0.4) is 0 Å². The molecule has 1 saturated heterocycles. The minimum atomic E-state index is 0.529. The molecule has 82 valence electrons. The number of hydrogen-bond acceptors (Lipinski definition) is 3. The van der Waals surface area contributed by atoms with Gasteiger partial charge in [-0.2, -0.15) is 0 Å². The average molecular weight is 230 g/mol. The van der Waals surface area contributed by atoms with Gasteiger partial charge < -0.3 is 5.32 Å². The number of nitrogens with one attached hydrogen (secondary N) is 1. The smallest absolute Gasteiger partial charge is 0.0815 e. The van der Waals surface area contributed by atoms with Crippen molar-refractivity contribution in [1.82, 2.24) is 10.3 Å². The molecule has 2 heterocycles. The van der Waals surface area contributed by atoms with E-state index in [0.29, 0.717) is 11.6 Å². The molecule has 1 atom stereocenters. The van der Waals surface area contributed by atoms with Crippen molar-refractivity contribution in [1.29, 1.82) is 0 Å². The van der Waals surface area contributed by atoms with Crippen molar-refractivity contribution in [2.75, 3.05) is 0 Å². The molecule has 1 N–H and O–H groups in total. The molecule has 16 heavy (non-hydrogen) atoms. The summed E-state index contributed by atoms with van der Waals surface area (Å²) in [6, 6.07) is 7.28. The lowest BCUT2D eigenvalue weighted by atomic mass is 9.65. The predicted octanol–water partition coefficient (Wildman–Crippen LogP) is 3.25. The Bertz CT molecular complexity index is 534. The van der Waals surface area contributed by atoms with Crippen LogP contribution in [0.15, 0.2) is 23.7 Å². The summed E-state index contributed by atoms with van der Waals surface area (Å²) < 4.78 is 1.29. The van der Waals surface area contributed by atoms with E-state index in [2.05, 4.69) is 28.5 Å². The fourth-order valence-corrected chi connectivity index (χ4v) is 3.64. The number of hydrogen-bond donors (Lipinski definition) is 1. The Hall–Kier alpha value is -0.930. The van der Waals surface area contributed by atoms with Crippen LogP contribution in [0.25, 0.3) is 10.2 Å². The second-order valence-corrected chi connectivity index (χ2v) is 6.00. The second kappa shape index (κ2) is 3.05. The molecule has 2 nitrogen and oxygen atoms in total. The molecule has 0 radical (unpaired) electrons. The zero-order valence-corrected chi connectivity index (χ0v) is 9.89. The largest absolute Gasteiger partial charge is 0.304 e. The van der Waals surface area contributed by atoms with Gasteiger partial charge in [0, 0.05) is 11.6 Å². The van der Waals surface area contributed by atoms with Crippen LogP contribution in [0, 0.1) is 0 Å². The molecule has 1 spiro atoms. The van der Waals surface area contributed by atoms with Crippen molar-refractivity contribution >= 4 is 21.6 Å². The fourth-order valence-electron chi connectivity index (χ4n) is 2.98. The molecule has 4 rings (SSSR count). The van der Waals surface area contributed by atoms with E-state index in [1.54, 1.807) is 11.3 Å². The highest BCUT2D eigenvalue weighted by Crippen LogP contribution is 2.48. The molecule has 1 saturated carbocycles. The molecular formula is C13H14N2S. The van der Waals surface area contributed by atoms with Gasteiger partial charge in [0.25, 0.3) is 0 Å². The number of benzene rings is 1. The zero-order chi connectivity index (χ0) is 10.6. The van der Waals surface area contributed by atoms with E-state index >= 15 is 0 Å². The third-order valence-electron chi connectivity index (χ3n) is 4.14. The van der Waals surface area contributed by atoms with Crippen molar-refractivity contribution in [3.63, 3.8) is 0 Å². The van der Waals surface area contributed by atoms with Gasteiger partial charge in [-0.05, 0) is 43.4 Å². The SMILES string of the molecule is c1nc2cc(C3CC4(CCC4)N3)ccc2s1. The van der Waals surface area contributed by atoms with Crippen molar-refractivity contribution < 1.29 is 0 Å². The number of nitrogens with zero attached hydrogens (tertiary/aromatic N) is 1. The Balaban J connectivity index is 1.62. The predicted molar refractivity (Wildman–Crippen MR) is 66.7 cm³/mol. The molecule has 1 unspecified atom stereocenters. The maximum atomic E-state index is 4.38. The number of thiazole rings is 1. The Morgan fingerprint density at radius 2 is 2.25 bits per heavy atom. The summed E-state index contributed by atoms with van der Waals surface area (Å²) in [7, 11) is 0. The molecule has 3 heteroatoms. The van der Waals surface area contributed by atoms with Gasteiger partial charge in [-0.3, -0.25) is 0 Å². The van der Waals surface area contributed by atoms with Crippen molar-refractivity contribution in [2.45, 2.75) is 37.3 Å². The van der Waals surface area contributed by atoms with Crippen molar-refractivity contribution in [2.24, 2.45) is 0 Å². The molecule has 0 bridgehead atoms. The van der Waals surface area contributed by atoms with E-state index in [0.717, 1.165) is 5.52 Å². The summed E-state index contributed by atoms with van der Waals surface area (Å²) in [6.07, 6.45) is 5.48. The van der Waals surface area contributed by atoms with Gasteiger partial charge in [0.2, 0.25) is 0 Å². The van der Waals surface area contributed by atoms with Crippen LogP contribution in [0.2, 0.25) is 0 Å². The Morgan fingerprint density at radius 3 is 3.00 bits per heavy atom. The van der Waals surface area contributed by atoms with Gasteiger partial charge in [-0.15, -0.1) is 11.3 Å². The van der Waals surface area contributed by atoms with Crippen LogP contribution in [0.1, 0.15) is 37.3 Å². The van der Waals surface area contributed by atoms with E-state index in [-0.39, 0.29) is 0 Å². The molecule has 2 aliphatic rings. The summed E-state index contributed by atoms with van der Waals surface area (Å²) in [5.74, 6) is 0. The number of rotatable bonds is 1. The van der Waals surface area contributed by atoms with E-state index in [4.69, 9.17) is 0 Å². The summed E-state index contributed by atoms with van der Waals surface area (Å²) in [5.41, 5.74) is 5.02. The molecule has 2 fully saturated rings. The third kappa shape index (κ3) is 1.19. The van der Waals surface area contributed by atoms with Gasteiger partial charge >= 0.3 is 0 Å². The highest BCUT2D eigenvalue weighted by atomic mass is 32.1. The molecule has 1 aliphatic heterocycles. The minimum absolute atomic E-state index is 0.529. The van der Waals surface area contributed by atoms with E-state index in [1.807, 2.05) is 5.51 Å².